The van der Waals surface area contributed by atoms with Gasteiger partial charge in [0.05, 0.1) is 13.7 Å². The first-order chi connectivity index (χ1) is 15.6. The van der Waals surface area contributed by atoms with Crippen molar-refractivity contribution in [2.45, 2.75) is 33.7 Å². The van der Waals surface area contributed by atoms with E-state index < -0.39 is 5.97 Å². The minimum Gasteiger partial charge on any atom is -0.468 e. The van der Waals surface area contributed by atoms with Crippen LogP contribution in [0.25, 0.3) is 0 Å². The Morgan fingerprint density at radius 2 is 1.82 bits per heavy atom. The van der Waals surface area contributed by atoms with Crippen LogP contribution in [0.2, 0.25) is 0 Å². The average molecular weight is 450 g/mol. The summed E-state index contributed by atoms with van der Waals surface area (Å²) in [5, 5.41) is 13.5. The lowest BCUT2D eigenvalue weighted by atomic mass is 10.0. The van der Waals surface area contributed by atoms with Gasteiger partial charge in [0.1, 0.15) is 12.4 Å². The van der Waals surface area contributed by atoms with Gasteiger partial charge in [0.25, 0.3) is 0 Å². The van der Waals surface area contributed by atoms with Crippen LogP contribution < -0.4 is 16.4 Å². The van der Waals surface area contributed by atoms with Gasteiger partial charge in [-0.05, 0) is 75.2 Å². The number of hydrogen-bond donors (Lipinski definition) is 4. The number of esters is 1. The topological polar surface area (TPSA) is 121 Å². The van der Waals surface area contributed by atoms with E-state index in [1.807, 2.05) is 52.0 Å². The number of aryl methyl sites for hydroxylation is 2. The molecule has 0 fully saturated rings. The Morgan fingerprint density at radius 1 is 1.15 bits per heavy atom. The maximum atomic E-state index is 12.7. The molecule has 2 aromatic rings. The quantitative estimate of drug-likeness (QED) is 0.223. The Bertz CT molecular complexity index is 1080. The van der Waals surface area contributed by atoms with E-state index in [-0.39, 0.29) is 24.5 Å². The van der Waals surface area contributed by atoms with Crippen LogP contribution in [0.4, 0.5) is 16.2 Å². The van der Waals surface area contributed by atoms with Gasteiger partial charge in [0, 0.05) is 28.5 Å². The fraction of sp³-hybridized carbons (Fsp3) is 0.320. The first-order valence-electron chi connectivity index (χ1n) is 10.5. The Kier molecular flexibility index (Phi) is 8.87. The summed E-state index contributed by atoms with van der Waals surface area (Å²) < 4.78 is 4.68. The number of ether oxygens (including phenoxy) is 1. The van der Waals surface area contributed by atoms with Gasteiger partial charge < -0.3 is 26.0 Å². The zero-order valence-corrected chi connectivity index (χ0v) is 19.7. The number of anilines is 2. The van der Waals surface area contributed by atoms with Gasteiger partial charge in [-0.3, -0.25) is 10.2 Å². The third-order valence-corrected chi connectivity index (χ3v) is 5.02. The molecule has 5 N–H and O–H groups in total. The van der Waals surface area contributed by atoms with Crippen molar-refractivity contribution in [1.82, 2.24) is 4.90 Å². The van der Waals surface area contributed by atoms with Gasteiger partial charge in [-0.2, -0.15) is 0 Å². The molecule has 0 aromatic heterocycles. The van der Waals surface area contributed by atoms with Crippen LogP contribution in [-0.4, -0.2) is 49.0 Å². The fourth-order valence-corrected chi connectivity index (χ4v) is 3.02. The van der Waals surface area contributed by atoms with Gasteiger partial charge in [0.2, 0.25) is 0 Å². The molecule has 0 aliphatic carbocycles. The van der Waals surface area contributed by atoms with E-state index in [1.165, 1.54) is 12.0 Å². The van der Waals surface area contributed by atoms with Crippen LogP contribution in [0.1, 0.15) is 36.1 Å². The number of nitrogens with one attached hydrogen (secondary N) is 3. The molecule has 0 heterocycles. The summed E-state index contributed by atoms with van der Waals surface area (Å²) in [4.78, 5) is 25.8. The molecular formula is C25H31N5O3. The monoisotopic (exact) mass is 449 g/mol. The molecule has 0 aliphatic rings. The van der Waals surface area contributed by atoms with Crippen LogP contribution >= 0.6 is 0 Å². The second-order valence-electron chi connectivity index (χ2n) is 7.86. The molecule has 8 nitrogen and oxygen atoms in total. The van der Waals surface area contributed by atoms with Crippen molar-refractivity contribution in [3.8, 4) is 11.8 Å². The minimum atomic E-state index is -0.472. The Labute approximate surface area is 195 Å². The highest BCUT2D eigenvalue weighted by molar-refractivity contribution is 5.95. The van der Waals surface area contributed by atoms with Crippen LogP contribution in [0, 0.1) is 31.1 Å². The number of nitrogens with two attached hydrogens (primary N) is 1. The number of rotatable bonds is 7. The standard InChI is InChI=1S/C25H31N5O3/c1-16(2)30(15-23(31)33-5)25(32)29-22-14-17(3)20(13-18(22)4)7-6-12-28-21-10-8-19(9-11-21)24(26)27/h8-11,13-14,16,28H,12,15H2,1-5H3,(H3,26,27)(H,29,32). The van der Waals surface area contributed by atoms with Crippen LogP contribution in [0.15, 0.2) is 36.4 Å². The van der Waals surface area contributed by atoms with Crippen molar-refractivity contribution in [3.63, 3.8) is 0 Å². The smallest absolute Gasteiger partial charge is 0.325 e. The molecule has 2 amide bonds. The lowest BCUT2D eigenvalue weighted by molar-refractivity contribution is -0.141. The number of amidine groups is 1. The van der Waals surface area contributed by atoms with E-state index in [9.17, 15) is 9.59 Å². The van der Waals surface area contributed by atoms with Gasteiger partial charge in [0.15, 0.2) is 0 Å². The summed E-state index contributed by atoms with van der Waals surface area (Å²) in [7, 11) is 1.30. The highest BCUT2D eigenvalue weighted by Crippen LogP contribution is 2.21. The van der Waals surface area contributed by atoms with Crippen molar-refractivity contribution in [2.24, 2.45) is 5.73 Å². The SMILES string of the molecule is COC(=O)CN(C(=O)Nc1cc(C)c(C#CCNc2ccc(C(=N)N)cc2)cc1C)C(C)C. The van der Waals surface area contributed by atoms with E-state index in [1.54, 1.807) is 12.1 Å². The molecule has 33 heavy (non-hydrogen) atoms. The normalized spacial score (nSPS) is 10.1. The van der Waals surface area contributed by atoms with E-state index in [0.717, 1.165) is 22.4 Å². The number of carbonyl (C=O) groups is 2. The number of nitrogens with zero attached hydrogens (tertiary/aromatic N) is 1. The molecule has 0 radical (unpaired) electrons. The number of nitrogen functional groups attached to an aromatic ring is 1. The summed E-state index contributed by atoms with van der Waals surface area (Å²) in [6.45, 7) is 7.84. The number of hydrogen-bond acceptors (Lipinski definition) is 5. The van der Waals surface area contributed by atoms with Crippen molar-refractivity contribution >= 4 is 29.2 Å². The van der Waals surface area contributed by atoms with E-state index in [2.05, 4.69) is 27.2 Å². The summed E-state index contributed by atoms with van der Waals surface area (Å²) in [6, 6.07) is 10.5. The van der Waals surface area contributed by atoms with Crippen molar-refractivity contribution in [1.29, 1.82) is 5.41 Å². The van der Waals surface area contributed by atoms with Crippen LogP contribution in [-0.2, 0) is 9.53 Å². The van der Waals surface area contributed by atoms with Crippen LogP contribution in [0.5, 0.6) is 0 Å². The zero-order chi connectivity index (χ0) is 24.5. The lowest BCUT2D eigenvalue weighted by Gasteiger charge is -2.26. The van der Waals surface area contributed by atoms with E-state index >= 15 is 0 Å². The summed E-state index contributed by atoms with van der Waals surface area (Å²) in [5.74, 6) is 5.82. The second kappa shape index (κ2) is 11.6. The molecule has 2 aromatic carbocycles. The molecule has 2 rings (SSSR count). The molecule has 0 saturated heterocycles. The number of benzene rings is 2. The number of methoxy groups -OCH3 is 1. The minimum absolute atomic E-state index is 0.0344. The van der Waals surface area contributed by atoms with Gasteiger partial charge >= 0.3 is 12.0 Å². The molecule has 0 atom stereocenters. The molecule has 174 valence electrons. The Hall–Kier alpha value is -3.99. The zero-order valence-electron chi connectivity index (χ0n) is 19.7. The van der Waals surface area contributed by atoms with Gasteiger partial charge in [-0.15, -0.1) is 0 Å². The maximum absolute atomic E-state index is 12.7. The number of amides is 2. The molecule has 0 saturated carbocycles. The first kappa shape index (κ1) is 25.3. The number of carbonyl (C=O) groups excluding carboxylic acids is 2. The lowest BCUT2D eigenvalue weighted by Crippen LogP contribution is -2.43. The predicted octanol–water partition coefficient (Wildman–Crippen LogP) is 3.47. The molecule has 0 spiro atoms. The van der Waals surface area contributed by atoms with Crippen molar-refractivity contribution in [2.75, 3.05) is 30.8 Å². The van der Waals surface area contributed by atoms with Gasteiger partial charge in [-0.1, -0.05) is 11.8 Å². The second-order valence-corrected chi connectivity index (χ2v) is 7.86. The molecular weight excluding hydrogens is 418 g/mol. The summed E-state index contributed by atoms with van der Waals surface area (Å²) >= 11 is 0. The fourth-order valence-electron chi connectivity index (χ4n) is 3.02. The highest BCUT2D eigenvalue weighted by Gasteiger charge is 2.21. The number of urea groups is 1. The summed E-state index contributed by atoms with van der Waals surface area (Å²) in [6.07, 6.45) is 0. The third-order valence-electron chi connectivity index (χ3n) is 5.02. The third kappa shape index (κ3) is 7.28. The van der Waals surface area contributed by atoms with Crippen molar-refractivity contribution in [3.05, 3.63) is 58.7 Å². The van der Waals surface area contributed by atoms with Crippen molar-refractivity contribution < 1.29 is 14.3 Å². The van der Waals surface area contributed by atoms with E-state index in [4.69, 9.17) is 11.1 Å². The average Bonchev–Trinajstić information content (AvgIpc) is 2.77. The molecule has 0 unspecified atom stereocenters. The largest absolute Gasteiger partial charge is 0.468 e. The van der Waals surface area contributed by atoms with E-state index in [0.29, 0.717) is 17.8 Å². The summed E-state index contributed by atoms with van der Waals surface area (Å²) in [5.41, 5.74) is 10.4. The van der Waals surface area contributed by atoms with Gasteiger partial charge in [-0.25, -0.2) is 4.79 Å². The van der Waals surface area contributed by atoms with Crippen LogP contribution in [0.3, 0.4) is 0 Å². The molecule has 8 heteroatoms. The Morgan fingerprint density at radius 3 is 2.39 bits per heavy atom. The molecule has 0 aliphatic heterocycles. The first-order valence-corrected chi connectivity index (χ1v) is 10.5. The maximum Gasteiger partial charge on any atom is 0.325 e. The highest BCUT2D eigenvalue weighted by atomic mass is 16.5. The Balaban J connectivity index is 2.05. The molecule has 0 bridgehead atoms. The predicted molar refractivity (Wildman–Crippen MR) is 132 cm³/mol.